The molecule has 2 aromatic rings. The van der Waals surface area contributed by atoms with Crippen LogP contribution in [-0.4, -0.2) is 10.1 Å². The first-order chi connectivity index (χ1) is 8.69. The number of hydrogen-bond acceptors (Lipinski definition) is 3. The largest absolute Gasteiger partial charge is 0.388 e. The molecular formula is C14H14BrNOS. The Balaban J connectivity index is 2.08. The summed E-state index contributed by atoms with van der Waals surface area (Å²) in [6, 6.07) is 11.9. The highest BCUT2D eigenvalue weighted by atomic mass is 79.9. The fourth-order valence-corrected chi connectivity index (χ4v) is 2.53. The predicted molar refractivity (Wildman–Crippen MR) is 77.8 cm³/mol. The number of nitrogens with zero attached hydrogens (tertiary/aromatic N) is 1. The van der Waals surface area contributed by atoms with Crippen LogP contribution in [0.5, 0.6) is 0 Å². The number of hydrogen-bond donors (Lipinski definition) is 1. The summed E-state index contributed by atoms with van der Waals surface area (Å²) >= 11 is 4.98. The van der Waals surface area contributed by atoms with E-state index in [2.05, 4.69) is 20.9 Å². The van der Waals surface area contributed by atoms with Crippen molar-refractivity contribution in [1.29, 1.82) is 0 Å². The number of aliphatic hydroxyl groups excluding tert-OH is 1. The number of benzene rings is 1. The molecule has 18 heavy (non-hydrogen) atoms. The SMILES string of the molecule is CC[C@H](O)c1ccc(Sc2ccc(Br)cn2)cc1. The van der Waals surface area contributed by atoms with Crippen molar-refractivity contribution in [3.8, 4) is 0 Å². The predicted octanol–water partition coefficient (Wildman–Crippen LogP) is 4.44. The molecule has 1 aromatic heterocycles. The third-order valence-corrected chi connectivity index (χ3v) is 4.00. The summed E-state index contributed by atoms with van der Waals surface area (Å²) in [6.07, 6.45) is 2.16. The Morgan fingerprint density at radius 1 is 1.22 bits per heavy atom. The zero-order chi connectivity index (χ0) is 13.0. The van der Waals surface area contributed by atoms with Gasteiger partial charge in [-0.1, -0.05) is 30.8 Å². The van der Waals surface area contributed by atoms with Crippen molar-refractivity contribution in [2.75, 3.05) is 0 Å². The van der Waals surface area contributed by atoms with E-state index in [0.717, 1.165) is 26.4 Å². The van der Waals surface area contributed by atoms with E-state index in [1.807, 2.05) is 43.3 Å². The van der Waals surface area contributed by atoms with E-state index in [1.165, 1.54) is 0 Å². The molecule has 0 fully saturated rings. The van der Waals surface area contributed by atoms with Crippen molar-refractivity contribution in [3.05, 3.63) is 52.6 Å². The third-order valence-electron chi connectivity index (χ3n) is 2.57. The second kappa shape index (κ2) is 6.36. The van der Waals surface area contributed by atoms with Gasteiger partial charge in [0.25, 0.3) is 0 Å². The molecule has 0 radical (unpaired) electrons. The van der Waals surface area contributed by atoms with Crippen LogP contribution in [0.3, 0.4) is 0 Å². The van der Waals surface area contributed by atoms with E-state index >= 15 is 0 Å². The second-order valence-electron chi connectivity index (χ2n) is 3.91. The fraction of sp³-hybridized carbons (Fsp3) is 0.214. The molecular weight excluding hydrogens is 310 g/mol. The topological polar surface area (TPSA) is 33.1 Å². The molecule has 1 N–H and O–H groups in total. The molecule has 1 aromatic carbocycles. The maximum absolute atomic E-state index is 9.72. The van der Waals surface area contributed by atoms with Gasteiger partial charge in [0.2, 0.25) is 0 Å². The Labute approximate surface area is 120 Å². The summed E-state index contributed by atoms with van der Waals surface area (Å²) in [4.78, 5) is 5.44. The number of rotatable bonds is 4. The van der Waals surface area contributed by atoms with E-state index in [1.54, 1.807) is 18.0 Å². The average molecular weight is 324 g/mol. The van der Waals surface area contributed by atoms with E-state index < -0.39 is 0 Å². The van der Waals surface area contributed by atoms with Crippen molar-refractivity contribution in [1.82, 2.24) is 4.98 Å². The molecule has 0 saturated heterocycles. The quantitative estimate of drug-likeness (QED) is 0.903. The lowest BCUT2D eigenvalue weighted by molar-refractivity contribution is 0.173. The van der Waals surface area contributed by atoms with Crippen molar-refractivity contribution < 1.29 is 5.11 Å². The van der Waals surface area contributed by atoms with Crippen molar-refractivity contribution >= 4 is 27.7 Å². The molecule has 0 amide bonds. The molecule has 0 saturated carbocycles. The first kappa shape index (κ1) is 13.6. The van der Waals surface area contributed by atoms with Gasteiger partial charge in [0.15, 0.2) is 0 Å². The number of aromatic nitrogens is 1. The van der Waals surface area contributed by atoms with E-state index in [4.69, 9.17) is 0 Å². The van der Waals surface area contributed by atoms with Gasteiger partial charge in [0.1, 0.15) is 5.03 Å². The highest BCUT2D eigenvalue weighted by molar-refractivity contribution is 9.10. The average Bonchev–Trinajstić information content (AvgIpc) is 2.41. The lowest BCUT2D eigenvalue weighted by Crippen LogP contribution is -1.94. The van der Waals surface area contributed by atoms with Gasteiger partial charge < -0.3 is 5.11 Å². The van der Waals surface area contributed by atoms with Gasteiger partial charge in [-0.15, -0.1) is 0 Å². The van der Waals surface area contributed by atoms with Crippen molar-refractivity contribution in [3.63, 3.8) is 0 Å². The Morgan fingerprint density at radius 2 is 1.94 bits per heavy atom. The summed E-state index contributed by atoms with van der Waals surface area (Å²) in [5, 5.41) is 10.7. The van der Waals surface area contributed by atoms with Gasteiger partial charge in [-0.2, -0.15) is 0 Å². The number of halogens is 1. The minimum atomic E-state index is -0.366. The maximum Gasteiger partial charge on any atom is 0.101 e. The Hall–Kier alpha value is -0.840. The minimum Gasteiger partial charge on any atom is -0.388 e. The van der Waals surface area contributed by atoms with Crippen LogP contribution in [0.1, 0.15) is 25.0 Å². The van der Waals surface area contributed by atoms with Crippen LogP contribution >= 0.6 is 27.7 Å². The van der Waals surface area contributed by atoms with Crippen LogP contribution in [0.25, 0.3) is 0 Å². The molecule has 0 spiro atoms. The van der Waals surface area contributed by atoms with E-state index in [9.17, 15) is 5.11 Å². The number of aliphatic hydroxyl groups is 1. The first-order valence-corrected chi connectivity index (χ1v) is 7.37. The smallest absolute Gasteiger partial charge is 0.101 e. The Morgan fingerprint density at radius 3 is 2.50 bits per heavy atom. The standard InChI is InChI=1S/C14H14BrNOS/c1-2-13(17)10-3-6-12(7-4-10)18-14-8-5-11(15)9-16-14/h3-9,13,17H,2H2,1H3/t13-/m0/s1. The lowest BCUT2D eigenvalue weighted by Gasteiger charge is -2.08. The van der Waals surface area contributed by atoms with Gasteiger partial charge in [0, 0.05) is 15.6 Å². The van der Waals surface area contributed by atoms with Crippen LogP contribution in [0.4, 0.5) is 0 Å². The van der Waals surface area contributed by atoms with Crippen LogP contribution in [-0.2, 0) is 0 Å². The zero-order valence-corrected chi connectivity index (χ0v) is 12.4. The maximum atomic E-state index is 9.72. The van der Waals surface area contributed by atoms with Crippen LogP contribution in [0, 0.1) is 0 Å². The monoisotopic (exact) mass is 323 g/mol. The molecule has 0 bridgehead atoms. The second-order valence-corrected chi connectivity index (χ2v) is 5.92. The molecule has 0 aliphatic rings. The fourth-order valence-electron chi connectivity index (χ4n) is 1.54. The summed E-state index contributed by atoms with van der Waals surface area (Å²) < 4.78 is 0.980. The molecule has 2 rings (SSSR count). The molecule has 0 unspecified atom stereocenters. The highest BCUT2D eigenvalue weighted by Gasteiger charge is 2.05. The van der Waals surface area contributed by atoms with Gasteiger partial charge in [0.05, 0.1) is 6.10 Å². The molecule has 0 aliphatic carbocycles. The summed E-state index contributed by atoms with van der Waals surface area (Å²) in [5.74, 6) is 0. The van der Waals surface area contributed by atoms with Crippen LogP contribution in [0.15, 0.2) is 57.0 Å². The molecule has 4 heteroatoms. The van der Waals surface area contributed by atoms with Gasteiger partial charge in [-0.05, 0) is 52.2 Å². The zero-order valence-electron chi connectivity index (χ0n) is 10.0. The first-order valence-electron chi connectivity index (χ1n) is 5.76. The summed E-state index contributed by atoms with van der Waals surface area (Å²) in [6.45, 7) is 1.97. The molecule has 1 atom stereocenters. The number of pyridine rings is 1. The van der Waals surface area contributed by atoms with Crippen molar-refractivity contribution in [2.45, 2.75) is 29.4 Å². The third kappa shape index (κ3) is 3.57. The van der Waals surface area contributed by atoms with Gasteiger partial charge >= 0.3 is 0 Å². The highest BCUT2D eigenvalue weighted by Crippen LogP contribution is 2.28. The van der Waals surface area contributed by atoms with Crippen molar-refractivity contribution in [2.24, 2.45) is 0 Å². The minimum absolute atomic E-state index is 0.366. The molecule has 94 valence electrons. The van der Waals surface area contributed by atoms with E-state index in [-0.39, 0.29) is 6.10 Å². The Kier molecular flexibility index (Phi) is 4.80. The van der Waals surface area contributed by atoms with E-state index in [0.29, 0.717) is 0 Å². The molecule has 2 nitrogen and oxygen atoms in total. The Bertz CT molecular complexity index is 498. The van der Waals surface area contributed by atoms with Crippen LogP contribution < -0.4 is 0 Å². The molecule has 0 aliphatic heterocycles. The van der Waals surface area contributed by atoms with Gasteiger partial charge in [-0.25, -0.2) is 4.98 Å². The molecule has 1 heterocycles. The lowest BCUT2D eigenvalue weighted by atomic mass is 10.1. The van der Waals surface area contributed by atoms with Gasteiger partial charge in [-0.3, -0.25) is 0 Å². The summed E-state index contributed by atoms with van der Waals surface area (Å²) in [5.41, 5.74) is 0.964. The summed E-state index contributed by atoms with van der Waals surface area (Å²) in [7, 11) is 0. The normalized spacial score (nSPS) is 12.4. The van der Waals surface area contributed by atoms with Crippen LogP contribution in [0.2, 0.25) is 0 Å².